The van der Waals surface area contributed by atoms with Gasteiger partial charge in [-0.1, -0.05) is 19.3 Å². The molecule has 2 fully saturated rings. The fraction of sp³-hybridized carbons (Fsp3) is 0.765. The largest absolute Gasteiger partial charge is 0.368 e. The van der Waals surface area contributed by atoms with Gasteiger partial charge in [0.2, 0.25) is 0 Å². The molecule has 1 aliphatic carbocycles. The minimum Gasteiger partial charge on any atom is -0.368 e. The van der Waals surface area contributed by atoms with Gasteiger partial charge >= 0.3 is 0 Å². The van der Waals surface area contributed by atoms with Crippen molar-refractivity contribution in [2.24, 2.45) is 7.05 Å². The van der Waals surface area contributed by atoms with Gasteiger partial charge < -0.3 is 15.4 Å². The highest BCUT2D eigenvalue weighted by molar-refractivity contribution is 5.96. The molecule has 1 saturated heterocycles. The van der Waals surface area contributed by atoms with Gasteiger partial charge in [0.15, 0.2) is 0 Å². The van der Waals surface area contributed by atoms with E-state index in [1.165, 1.54) is 32.1 Å². The molecule has 1 aromatic rings. The van der Waals surface area contributed by atoms with Crippen LogP contribution >= 0.6 is 0 Å². The number of aryl methyl sites for hydroxylation is 1. The number of piperidine rings is 1. The molecule has 0 atom stereocenters. The molecule has 128 valence electrons. The summed E-state index contributed by atoms with van der Waals surface area (Å²) in [6, 6.07) is 2.04. The summed E-state index contributed by atoms with van der Waals surface area (Å²) in [4.78, 5) is 12.8. The zero-order chi connectivity index (χ0) is 16.3. The SMILES string of the molecule is COC1(C(=O)Nc2cc(C3CCCCC3)nn2C)CCNCC1. The topological polar surface area (TPSA) is 68.2 Å². The number of carbonyl (C=O) groups is 1. The van der Waals surface area contributed by atoms with Crippen LogP contribution in [0.15, 0.2) is 6.07 Å². The second-order valence-electron chi connectivity index (χ2n) is 6.82. The normalized spacial score (nSPS) is 22.0. The molecular formula is C17H28N4O2. The van der Waals surface area contributed by atoms with E-state index in [1.807, 2.05) is 13.1 Å². The Morgan fingerprint density at radius 2 is 2.04 bits per heavy atom. The number of amides is 1. The van der Waals surface area contributed by atoms with E-state index in [1.54, 1.807) is 11.8 Å². The summed E-state index contributed by atoms with van der Waals surface area (Å²) < 4.78 is 7.38. The Labute approximate surface area is 138 Å². The predicted octanol–water partition coefficient (Wildman–Crippen LogP) is 2.17. The first-order valence-electron chi connectivity index (χ1n) is 8.76. The van der Waals surface area contributed by atoms with E-state index in [0.29, 0.717) is 18.8 Å². The number of nitrogens with zero attached hydrogens (tertiary/aromatic N) is 2. The Hall–Kier alpha value is -1.40. The van der Waals surface area contributed by atoms with Gasteiger partial charge in [0.05, 0.1) is 5.69 Å². The highest BCUT2D eigenvalue weighted by Crippen LogP contribution is 2.33. The summed E-state index contributed by atoms with van der Waals surface area (Å²) in [5.41, 5.74) is 0.389. The summed E-state index contributed by atoms with van der Waals surface area (Å²) in [6.07, 6.45) is 7.70. The van der Waals surface area contributed by atoms with Crippen LogP contribution in [0.1, 0.15) is 56.6 Å². The van der Waals surface area contributed by atoms with Crippen molar-refractivity contribution >= 4 is 11.7 Å². The molecule has 2 N–H and O–H groups in total. The molecule has 2 heterocycles. The number of hydrogen-bond donors (Lipinski definition) is 2. The van der Waals surface area contributed by atoms with Crippen molar-refractivity contribution in [1.29, 1.82) is 0 Å². The van der Waals surface area contributed by atoms with Crippen molar-refractivity contribution in [1.82, 2.24) is 15.1 Å². The van der Waals surface area contributed by atoms with Gasteiger partial charge in [0.25, 0.3) is 5.91 Å². The van der Waals surface area contributed by atoms with E-state index in [9.17, 15) is 4.79 Å². The minimum atomic E-state index is -0.722. The number of aromatic nitrogens is 2. The van der Waals surface area contributed by atoms with Gasteiger partial charge in [-0.05, 0) is 38.8 Å². The van der Waals surface area contributed by atoms with Crippen molar-refractivity contribution in [2.75, 3.05) is 25.5 Å². The number of carbonyl (C=O) groups excluding carboxylic acids is 1. The van der Waals surface area contributed by atoms with Crippen molar-refractivity contribution in [2.45, 2.75) is 56.5 Å². The quantitative estimate of drug-likeness (QED) is 0.892. The van der Waals surface area contributed by atoms with Gasteiger partial charge in [-0.2, -0.15) is 5.10 Å². The van der Waals surface area contributed by atoms with Crippen LogP contribution in [0.5, 0.6) is 0 Å². The number of hydrogen-bond acceptors (Lipinski definition) is 4. The number of anilines is 1. The fourth-order valence-corrected chi connectivity index (χ4v) is 3.79. The zero-order valence-electron chi connectivity index (χ0n) is 14.2. The number of rotatable bonds is 4. The predicted molar refractivity (Wildman–Crippen MR) is 89.5 cm³/mol. The first-order chi connectivity index (χ1) is 11.1. The van der Waals surface area contributed by atoms with Gasteiger partial charge in [0, 0.05) is 26.1 Å². The van der Waals surface area contributed by atoms with Crippen molar-refractivity contribution in [3.63, 3.8) is 0 Å². The fourth-order valence-electron chi connectivity index (χ4n) is 3.79. The average Bonchev–Trinajstić information content (AvgIpc) is 2.97. The van der Waals surface area contributed by atoms with E-state index in [2.05, 4.69) is 15.7 Å². The molecule has 0 bridgehead atoms. The molecule has 23 heavy (non-hydrogen) atoms. The van der Waals surface area contributed by atoms with Crippen molar-refractivity contribution < 1.29 is 9.53 Å². The Morgan fingerprint density at radius 1 is 1.35 bits per heavy atom. The van der Waals surface area contributed by atoms with E-state index >= 15 is 0 Å². The Balaban J connectivity index is 1.71. The maximum Gasteiger partial charge on any atom is 0.257 e. The van der Waals surface area contributed by atoms with Crippen LogP contribution < -0.4 is 10.6 Å². The second kappa shape index (κ2) is 7.01. The van der Waals surface area contributed by atoms with Gasteiger partial charge in [-0.15, -0.1) is 0 Å². The molecule has 0 spiro atoms. The van der Waals surface area contributed by atoms with E-state index < -0.39 is 5.60 Å². The minimum absolute atomic E-state index is 0.0558. The third-order valence-electron chi connectivity index (χ3n) is 5.38. The number of ether oxygens (including phenoxy) is 1. The molecule has 0 aromatic carbocycles. The van der Waals surface area contributed by atoms with Crippen LogP contribution in [0, 0.1) is 0 Å². The third-order valence-corrected chi connectivity index (χ3v) is 5.38. The Kier molecular flexibility index (Phi) is 5.02. The first-order valence-corrected chi connectivity index (χ1v) is 8.76. The third kappa shape index (κ3) is 3.43. The molecule has 1 saturated carbocycles. The summed E-state index contributed by atoms with van der Waals surface area (Å²) in [6.45, 7) is 1.61. The number of nitrogens with one attached hydrogen (secondary N) is 2. The number of methoxy groups -OCH3 is 1. The summed E-state index contributed by atoms with van der Waals surface area (Å²) in [5.74, 6) is 1.25. The maximum absolute atomic E-state index is 12.8. The summed E-state index contributed by atoms with van der Waals surface area (Å²) in [7, 11) is 3.52. The lowest BCUT2D eigenvalue weighted by Crippen LogP contribution is -2.51. The van der Waals surface area contributed by atoms with Crippen LogP contribution in [0.4, 0.5) is 5.82 Å². The molecular weight excluding hydrogens is 292 g/mol. The van der Waals surface area contributed by atoms with Crippen LogP contribution in [-0.2, 0) is 16.6 Å². The maximum atomic E-state index is 12.8. The van der Waals surface area contributed by atoms with E-state index in [-0.39, 0.29) is 5.91 Å². The Bertz CT molecular complexity index is 543. The molecule has 0 unspecified atom stereocenters. The smallest absolute Gasteiger partial charge is 0.257 e. The van der Waals surface area contributed by atoms with Crippen LogP contribution in [0.2, 0.25) is 0 Å². The lowest BCUT2D eigenvalue weighted by atomic mass is 9.87. The Morgan fingerprint density at radius 3 is 2.70 bits per heavy atom. The summed E-state index contributed by atoms with van der Waals surface area (Å²) >= 11 is 0. The molecule has 0 radical (unpaired) electrons. The monoisotopic (exact) mass is 320 g/mol. The molecule has 1 aliphatic heterocycles. The van der Waals surface area contributed by atoms with Crippen LogP contribution in [0.3, 0.4) is 0 Å². The molecule has 1 aromatic heterocycles. The highest BCUT2D eigenvalue weighted by atomic mass is 16.5. The standard InChI is InChI=1S/C17H28N4O2/c1-21-15(12-14(20-21)13-6-4-3-5-7-13)19-16(22)17(23-2)8-10-18-11-9-17/h12-13,18H,3-11H2,1-2H3,(H,19,22). The van der Waals surface area contributed by atoms with Gasteiger partial charge in [-0.3, -0.25) is 9.48 Å². The van der Waals surface area contributed by atoms with E-state index in [0.717, 1.165) is 24.6 Å². The van der Waals surface area contributed by atoms with Gasteiger partial charge in [0.1, 0.15) is 11.4 Å². The van der Waals surface area contributed by atoms with Gasteiger partial charge in [-0.25, -0.2) is 0 Å². The van der Waals surface area contributed by atoms with Crippen LogP contribution in [-0.4, -0.2) is 41.5 Å². The molecule has 6 nitrogen and oxygen atoms in total. The lowest BCUT2D eigenvalue weighted by Gasteiger charge is -2.34. The highest BCUT2D eigenvalue weighted by Gasteiger charge is 2.40. The average molecular weight is 320 g/mol. The second-order valence-corrected chi connectivity index (χ2v) is 6.82. The molecule has 2 aliphatic rings. The molecule has 6 heteroatoms. The molecule has 1 amide bonds. The van der Waals surface area contributed by atoms with Crippen molar-refractivity contribution in [3.05, 3.63) is 11.8 Å². The van der Waals surface area contributed by atoms with Crippen molar-refractivity contribution in [3.8, 4) is 0 Å². The van der Waals surface area contributed by atoms with E-state index in [4.69, 9.17) is 4.74 Å². The summed E-state index contributed by atoms with van der Waals surface area (Å²) in [5, 5.41) is 10.9. The van der Waals surface area contributed by atoms with Crippen LogP contribution in [0.25, 0.3) is 0 Å². The lowest BCUT2D eigenvalue weighted by molar-refractivity contribution is -0.140. The first kappa shape index (κ1) is 16.5. The molecule has 3 rings (SSSR count). The zero-order valence-corrected chi connectivity index (χ0v) is 14.2.